The van der Waals surface area contributed by atoms with Crippen LogP contribution in [0.2, 0.25) is 5.02 Å². The van der Waals surface area contributed by atoms with Gasteiger partial charge in [-0.05, 0) is 24.3 Å². The first-order valence-electron chi connectivity index (χ1n) is 9.16. The SMILES string of the molecule is COc1ccc(NC(=O)COC(=O)[C@@H]2CC(=O)N(c3ccccc3Cl)C2)c(OC)c1. The third-order valence-corrected chi connectivity index (χ3v) is 4.95. The Bertz CT molecular complexity index is 964. The second-order valence-electron chi connectivity index (χ2n) is 6.58. The Hall–Kier alpha value is -3.26. The molecule has 1 aliphatic heterocycles. The molecule has 2 aromatic rings. The molecule has 0 aromatic heterocycles. The van der Waals surface area contributed by atoms with E-state index in [-0.39, 0.29) is 18.9 Å². The quantitative estimate of drug-likeness (QED) is 0.676. The Morgan fingerprint density at radius 3 is 2.63 bits per heavy atom. The fourth-order valence-corrected chi connectivity index (χ4v) is 3.35. The number of nitrogens with one attached hydrogen (secondary N) is 1. The molecule has 8 nitrogen and oxygen atoms in total. The number of para-hydroxylation sites is 1. The van der Waals surface area contributed by atoms with E-state index < -0.39 is 24.4 Å². The number of hydrogen-bond acceptors (Lipinski definition) is 6. The molecule has 0 spiro atoms. The van der Waals surface area contributed by atoms with Crippen molar-refractivity contribution in [3.8, 4) is 11.5 Å². The van der Waals surface area contributed by atoms with Crippen LogP contribution in [0.3, 0.4) is 0 Å². The van der Waals surface area contributed by atoms with E-state index in [2.05, 4.69) is 5.32 Å². The van der Waals surface area contributed by atoms with Crippen molar-refractivity contribution < 1.29 is 28.6 Å². The summed E-state index contributed by atoms with van der Waals surface area (Å²) in [6.07, 6.45) is -0.00201. The first-order chi connectivity index (χ1) is 14.4. The number of hydrogen-bond donors (Lipinski definition) is 1. The highest BCUT2D eigenvalue weighted by Gasteiger charge is 2.37. The summed E-state index contributed by atoms with van der Waals surface area (Å²) in [5.74, 6) is -1.06. The van der Waals surface area contributed by atoms with E-state index in [1.54, 1.807) is 42.5 Å². The molecule has 158 valence electrons. The summed E-state index contributed by atoms with van der Waals surface area (Å²) in [7, 11) is 2.99. The summed E-state index contributed by atoms with van der Waals surface area (Å²) < 4.78 is 15.4. The molecule has 1 heterocycles. The van der Waals surface area contributed by atoms with Gasteiger partial charge in [-0.25, -0.2) is 0 Å². The Morgan fingerprint density at radius 1 is 1.17 bits per heavy atom. The maximum Gasteiger partial charge on any atom is 0.311 e. The van der Waals surface area contributed by atoms with Crippen LogP contribution in [-0.2, 0) is 19.1 Å². The highest BCUT2D eigenvalue weighted by Crippen LogP contribution is 2.31. The predicted molar refractivity (Wildman–Crippen MR) is 111 cm³/mol. The van der Waals surface area contributed by atoms with E-state index >= 15 is 0 Å². The van der Waals surface area contributed by atoms with E-state index in [1.165, 1.54) is 19.1 Å². The summed E-state index contributed by atoms with van der Waals surface area (Å²) in [6.45, 7) is -0.333. The van der Waals surface area contributed by atoms with Gasteiger partial charge in [0.2, 0.25) is 5.91 Å². The zero-order valence-electron chi connectivity index (χ0n) is 16.5. The normalized spacial score (nSPS) is 15.6. The molecular formula is C21H21ClN2O6. The number of esters is 1. The van der Waals surface area contributed by atoms with Crippen LogP contribution in [0.4, 0.5) is 11.4 Å². The largest absolute Gasteiger partial charge is 0.497 e. The summed E-state index contributed by atoms with van der Waals surface area (Å²) in [5, 5.41) is 3.04. The zero-order valence-corrected chi connectivity index (χ0v) is 17.3. The number of benzene rings is 2. The van der Waals surface area contributed by atoms with Crippen LogP contribution in [0.25, 0.3) is 0 Å². The lowest BCUT2D eigenvalue weighted by Gasteiger charge is -2.17. The number of ether oxygens (including phenoxy) is 3. The van der Waals surface area contributed by atoms with Crippen molar-refractivity contribution >= 4 is 40.8 Å². The molecule has 2 amide bonds. The molecule has 2 aromatic carbocycles. The molecule has 1 N–H and O–H groups in total. The molecule has 30 heavy (non-hydrogen) atoms. The van der Waals surface area contributed by atoms with Crippen molar-refractivity contribution in [3.63, 3.8) is 0 Å². The van der Waals surface area contributed by atoms with Crippen molar-refractivity contribution in [2.24, 2.45) is 5.92 Å². The number of amides is 2. The minimum atomic E-state index is -0.669. The number of carbonyl (C=O) groups is 3. The average Bonchev–Trinajstić information content (AvgIpc) is 3.14. The van der Waals surface area contributed by atoms with Gasteiger partial charge >= 0.3 is 5.97 Å². The maximum absolute atomic E-state index is 12.4. The third kappa shape index (κ3) is 4.83. The smallest absolute Gasteiger partial charge is 0.311 e. The highest BCUT2D eigenvalue weighted by atomic mass is 35.5. The summed E-state index contributed by atoms with van der Waals surface area (Å²) in [4.78, 5) is 38.3. The summed E-state index contributed by atoms with van der Waals surface area (Å²) in [5.41, 5.74) is 0.962. The molecule has 0 saturated carbocycles. The minimum Gasteiger partial charge on any atom is -0.497 e. The van der Waals surface area contributed by atoms with Gasteiger partial charge in [-0.3, -0.25) is 14.4 Å². The molecule has 1 saturated heterocycles. The van der Waals surface area contributed by atoms with Gasteiger partial charge in [0.05, 0.1) is 36.5 Å². The number of nitrogens with zero attached hydrogens (tertiary/aromatic N) is 1. The van der Waals surface area contributed by atoms with E-state index in [0.29, 0.717) is 27.9 Å². The highest BCUT2D eigenvalue weighted by molar-refractivity contribution is 6.33. The summed E-state index contributed by atoms with van der Waals surface area (Å²) in [6, 6.07) is 11.8. The lowest BCUT2D eigenvalue weighted by atomic mass is 10.1. The number of anilines is 2. The van der Waals surface area contributed by atoms with E-state index in [4.69, 9.17) is 25.8 Å². The van der Waals surface area contributed by atoms with Crippen LogP contribution < -0.4 is 19.7 Å². The van der Waals surface area contributed by atoms with Crippen LogP contribution >= 0.6 is 11.6 Å². The topological polar surface area (TPSA) is 94.2 Å². The van der Waals surface area contributed by atoms with Crippen LogP contribution in [0, 0.1) is 5.92 Å². The molecule has 0 radical (unpaired) electrons. The second kappa shape index (κ2) is 9.49. The number of carbonyl (C=O) groups excluding carboxylic acids is 3. The van der Waals surface area contributed by atoms with Gasteiger partial charge in [0.1, 0.15) is 11.5 Å². The molecule has 0 bridgehead atoms. The molecule has 0 aliphatic carbocycles. The van der Waals surface area contributed by atoms with Gasteiger partial charge in [0, 0.05) is 19.0 Å². The first kappa shape index (κ1) is 21.4. The third-order valence-electron chi connectivity index (χ3n) is 4.63. The second-order valence-corrected chi connectivity index (χ2v) is 6.99. The fraction of sp³-hybridized carbons (Fsp3) is 0.286. The van der Waals surface area contributed by atoms with Gasteiger partial charge in [-0.15, -0.1) is 0 Å². The summed E-state index contributed by atoms with van der Waals surface area (Å²) >= 11 is 6.14. The van der Waals surface area contributed by atoms with Crippen LogP contribution in [0.1, 0.15) is 6.42 Å². The first-order valence-corrected chi connectivity index (χ1v) is 9.54. The van der Waals surface area contributed by atoms with Crippen molar-refractivity contribution in [2.75, 3.05) is 37.6 Å². The van der Waals surface area contributed by atoms with Crippen molar-refractivity contribution in [2.45, 2.75) is 6.42 Å². The van der Waals surface area contributed by atoms with Gasteiger partial charge in [-0.1, -0.05) is 23.7 Å². The molecule has 1 aliphatic rings. The van der Waals surface area contributed by atoms with Gasteiger partial charge < -0.3 is 24.4 Å². The van der Waals surface area contributed by atoms with E-state index in [9.17, 15) is 14.4 Å². The minimum absolute atomic E-state index is 0.00201. The molecule has 1 atom stereocenters. The van der Waals surface area contributed by atoms with Crippen molar-refractivity contribution in [1.82, 2.24) is 0 Å². The number of halogens is 1. The van der Waals surface area contributed by atoms with Crippen LogP contribution in [0.5, 0.6) is 11.5 Å². The predicted octanol–water partition coefficient (Wildman–Crippen LogP) is 2.89. The molecular weight excluding hydrogens is 412 g/mol. The van der Waals surface area contributed by atoms with E-state index in [0.717, 1.165) is 0 Å². The zero-order chi connectivity index (χ0) is 21.7. The molecule has 3 rings (SSSR count). The Morgan fingerprint density at radius 2 is 1.93 bits per heavy atom. The molecule has 9 heteroatoms. The van der Waals surface area contributed by atoms with Gasteiger partial charge in [0.15, 0.2) is 6.61 Å². The Balaban J connectivity index is 1.55. The molecule has 1 fully saturated rings. The van der Waals surface area contributed by atoms with Crippen LogP contribution in [-0.4, -0.2) is 45.2 Å². The lowest BCUT2D eigenvalue weighted by Crippen LogP contribution is -2.28. The van der Waals surface area contributed by atoms with E-state index in [1.807, 2.05) is 0 Å². The molecule has 0 unspecified atom stereocenters. The Labute approximate surface area is 178 Å². The number of rotatable bonds is 7. The van der Waals surface area contributed by atoms with Crippen molar-refractivity contribution in [3.05, 3.63) is 47.5 Å². The lowest BCUT2D eigenvalue weighted by molar-refractivity contribution is -0.151. The van der Waals surface area contributed by atoms with Crippen LogP contribution in [0.15, 0.2) is 42.5 Å². The van der Waals surface area contributed by atoms with Crippen molar-refractivity contribution in [1.29, 1.82) is 0 Å². The Kier molecular flexibility index (Phi) is 6.79. The fourth-order valence-electron chi connectivity index (χ4n) is 3.11. The number of methoxy groups -OCH3 is 2. The monoisotopic (exact) mass is 432 g/mol. The van der Waals surface area contributed by atoms with Gasteiger partial charge in [0.25, 0.3) is 5.91 Å². The van der Waals surface area contributed by atoms with Gasteiger partial charge in [-0.2, -0.15) is 0 Å². The maximum atomic E-state index is 12.4. The standard InChI is InChI=1S/C21H21ClN2O6/c1-28-14-7-8-16(18(10-14)29-2)23-19(25)12-30-21(27)13-9-20(26)24(11-13)17-6-4-3-5-15(17)22/h3-8,10,13H,9,11-12H2,1-2H3,(H,23,25)/t13-/m1/s1. The average molecular weight is 433 g/mol.